The summed E-state index contributed by atoms with van der Waals surface area (Å²) in [5.74, 6) is -1.00. The summed E-state index contributed by atoms with van der Waals surface area (Å²) in [5.41, 5.74) is 1.18. The highest BCUT2D eigenvalue weighted by Gasteiger charge is 2.29. The van der Waals surface area contributed by atoms with E-state index in [4.69, 9.17) is 4.74 Å². The lowest BCUT2D eigenvalue weighted by Crippen LogP contribution is -2.33. The fraction of sp³-hybridized carbons (Fsp3) is 0.278. The second kappa shape index (κ2) is 7.17. The number of thiophene rings is 1. The molecule has 0 spiro atoms. The zero-order chi connectivity index (χ0) is 18.8. The molecule has 1 aliphatic rings. The minimum Gasteiger partial charge on any atom is -0.497 e. The van der Waals surface area contributed by atoms with Crippen molar-refractivity contribution in [2.75, 3.05) is 19.0 Å². The molecule has 0 bridgehead atoms. The van der Waals surface area contributed by atoms with Crippen LogP contribution in [0.1, 0.15) is 38.1 Å². The molecular weight excluding hydrogens is 356 g/mol. The number of benzene rings is 1. The van der Waals surface area contributed by atoms with Gasteiger partial charge in [-0.1, -0.05) is 6.07 Å². The maximum absolute atomic E-state index is 12.5. The molecule has 0 fully saturated rings. The second-order valence-corrected chi connectivity index (χ2v) is 6.99. The van der Waals surface area contributed by atoms with Gasteiger partial charge in [0.05, 0.1) is 19.2 Å². The smallest absolute Gasteiger partial charge is 0.339 e. The van der Waals surface area contributed by atoms with Gasteiger partial charge in [0.2, 0.25) is 5.91 Å². The summed E-state index contributed by atoms with van der Waals surface area (Å²) in [6.45, 7) is 2.33. The number of carbonyl (C=O) groups is 3. The first-order valence-corrected chi connectivity index (χ1v) is 8.81. The van der Waals surface area contributed by atoms with Crippen LogP contribution in [0.5, 0.6) is 5.75 Å². The van der Waals surface area contributed by atoms with Crippen molar-refractivity contribution in [1.29, 1.82) is 0 Å². The third-order valence-corrected chi connectivity index (χ3v) is 5.41. The molecule has 0 atom stereocenters. The number of amides is 2. The van der Waals surface area contributed by atoms with E-state index in [9.17, 15) is 19.5 Å². The molecule has 0 aliphatic carbocycles. The molecule has 2 aromatic rings. The fourth-order valence-corrected chi connectivity index (χ4v) is 4.18. The number of anilines is 1. The second-order valence-electron chi connectivity index (χ2n) is 5.89. The van der Waals surface area contributed by atoms with Crippen molar-refractivity contribution < 1.29 is 24.2 Å². The summed E-state index contributed by atoms with van der Waals surface area (Å²) >= 11 is 1.21. The highest BCUT2D eigenvalue weighted by Crippen LogP contribution is 2.37. The quantitative estimate of drug-likeness (QED) is 0.858. The van der Waals surface area contributed by atoms with Crippen LogP contribution in [0.2, 0.25) is 0 Å². The maximum atomic E-state index is 12.5. The number of carboxylic acids is 1. The summed E-state index contributed by atoms with van der Waals surface area (Å²) < 4.78 is 5.11. The maximum Gasteiger partial charge on any atom is 0.339 e. The normalized spacial score (nSPS) is 13.1. The molecule has 1 aromatic carbocycles. The molecule has 26 heavy (non-hydrogen) atoms. The van der Waals surface area contributed by atoms with Crippen LogP contribution in [-0.2, 0) is 17.8 Å². The largest absolute Gasteiger partial charge is 0.497 e. The van der Waals surface area contributed by atoms with Gasteiger partial charge in [0, 0.05) is 23.9 Å². The van der Waals surface area contributed by atoms with Gasteiger partial charge in [-0.25, -0.2) is 4.79 Å². The number of hydrogen-bond donors (Lipinski definition) is 2. The number of fused-ring (bicyclic) bond motifs is 1. The lowest BCUT2D eigenvalue weighted by Gasteiger charge is -2.25. The molecule has 7 nitrogen and oxygen atoms in total. The van der Waals surface area contributed by atoms with E-state index >= 15 is 0 Å². The SMILES string of the molecule is COc1cccc(C(=O)Nc2sc3c(c2C(=O)O)CCN(C(C)=O)C3)c1. The van der Waals surface area contributed by atoms with E-state index in [-0.39, 0.29) is 11.5 Å². The van der Waals surface area contributed by atoms with Crippen LogP contribution in [0.3, 0.4) is 0 Å². The number of hydrogen-bond acceptors (Lipinski definition) is 5. The van der Waals surface area contributed by atoms with E-state index in [1.54, 1.807) is 29.2 Å². The Morgan fingerprint density at radius 2 is 2.08 bits per heavy atom. The van der Waals surface area contributed by atoms with Crippen molar-refractivity contribution in [3.05, 3.63) is 45.8 Å². The van der Waals surface area contributed by atoms with E-state index < -0.39 is 11.9 Å². The molecule has 1 aromatic heterocycles. The number of nitrogens with zero attached hydrogens (tertiary/aromatic N) is 1. The third kappa shape index (κ3) is 3.41. The molecule has 0 unspecified atom stereocenters. The zero-order valence-electron chi connectivity index (χ0n) is 14.4. The minimum absolute atomic E-state index is 0.0529. The van der Waals surface area contributed by atoms with Gasteiger partial charge in [-0.05, 0) is 30.2 Å². The minimum atomic E-state index is -1.08. The molecule has 8 heteroatoms. The first kappa shape index (κ1) is 17.9. The highest BCUT2D eigenvalue weighted by atomic mass is 32.1. The Labute approximate surface area is 154 Å². The van der Waals surface area contributed by atoms with Gasteiger partial charge in [0.1, 0.15) is 10.8 Å². The Balaban J connectivity index is 1.91. The average Bonchev–Trinajstić information content (AvgIpc) is 2.98. The van der Waals surface area contributed by atoms with Crippen molar-refractivity contribution in [3.63, 3.8) is 0 Å². The summed E-state index contributed by atoms with van der Waals surface area (Å²) in [6, 6.07) is 6.62. The molecule has 136 valence electrons. The molecule has 2 amide bonds. The Hall–Kier alpha value is -2.87. The van der Waals surface area contributed by atoms with Crippen LogP contribution >= 0.6 is 11.3 Å². The van der Waals surface area contributed by atoms with Gasteiger partial charge in [0.25, 0.3) is 5.91 Å². The van der Waals surface area contributed by atoms with Crippen LogP contribution in [0.15, 0.2) is 24.3 Å². The van der Waals surface area contributed by atoms with Crippen molar-refractivity contribution in [3.8, 4) is 5.75 Å². The summed E-state index contributed by atoms with van der Waals surface area (Å²) in [5, 5.41) is 12.6. The third-order valence-electron chi connectivity index (χ3n) is 4.28. The Kier molecular flexibility index (Phi) is 4.94. The van der Waals surface area contributed by atoms with Crippen LogP contribution < -0.4 is 10.1 Å². The van der Waals surface area contributed by atoms with Gasteiger partial charge in [0.15, 0.2) is 0 Å². The first-order valence-electron chi connectivity index (χ1n) is 7.99. The van der Waals surface area contributed by atoms with Crippen molar-refractivity contribution in [2.24, 2.45) is 0 Å². The number of rotatable bonds is 4. The van der Waals surface area contributed by atoms with E-state index in [1.807, 2.05) is 0 Å². The van der Waals surface area contributed by atoms with Crippen LogP contribution in [0, 0.1) is 0 Å². The Morgan fingerprint density at radius 1 is 1.31 bits per heavy atom. The van der Waals surface area contributed by atoms with Crippen molar-refractivity contribution in [1.82, 2.24) is 4.90 Å². The van der Waals surface area contributed by atoms with Gasteiger partial charge < -0.3 is 20.1 Å². The lowest BCUT2D eigenvalue weighted by atomic mass is 10.0. The number of methoxy groups -OCH3 is 1. The molecule has 1 aliphatic heterocycles. The topological polar surface area (TPSA) is 95.9 Å². The number of ether oxygens (including phenoxy) is 1. The number of aromatic carboxylic acids is 1. The zero-order valence-corrected chi connectivity index (χ0v) is 15.2. The molecule has 0 radical (unpaired) electrons. The monoisotopic (exact) mass is 374 g/mol. The highest BCUT2D eigenvalue weighted by molar-refractivity contribution is 7.17. The van der Waals surface area contributed by atoms with Gasteiger partial charge >= 0.3 is 5.97 Å². The van der Waals surface area contributed by atoms with Gasteiger partial charge in [-0.3, -0.25) is 9.59 Å². The Bertz CT molecular complexity index is 890. The van der Waals surface area contributed by atoms with Crippen LogP contribution in [0.25, 0.3) is 0 Å². The molecular formula is C18H18N2O5S. The average molecular weight is 374 g/mol. The van der Waals surface area contributed by atoms with E-state index in [0.29, 0.717) is 41.4 Å². The van der Waals surface area contributed by atoms with E-state index in [2.05, 4.69) is 5.32 Å². The predicted octanol–water partition coefficient (Wildman–Crippen LogP) is 2.61. The molecule has 2 N–H and O–H groups in total. The van der Waals surface area contributed by atoms with E-state index in [1.165, 1.54) is 25.4 Å². The van der Waals surface area contributed by atoms with Crippen LogP contribution in [0.4, 0.5) is 5.00 Å². The summed E-state index contributed by atoms with van der Waals surface area (Å²) in [4.78, 5) is 38.3. The molecule has 0 saturated carbocycles. The lowest BCUT2D eigenvalue weighted by molar-refractivity contribution is -0.129. The van der Waals surface area contributed by atoms with Gasteiger partial charge in [-0.15, -0.1) is 11.3 Å². The van der Waals surface area contributed by atoms with Crippen LogP contribution in [-0.4, -0.2) is 41.4 Å². The fourth-order valence-electron chi connectivity index (χ4n) is 2.93. The number of carbonyl (C=O) groups excluding carboxylic acids is 2. The first-order chi connectivity index (χ1) is 12.4. The summed E-state index contributed by atoms with van der Waals surface area (Å²) in [7, 11) is 1.51. The van der Waals surface area contributed by atoms with E-state index in [0.717, 1.165) is 4.88 Å². The van der Waals surface area contributed by atoms with Crippen molar-refractivity contribution in [2.45, 2.75) is 19.9 Å². The molecule has 2 heterocycles. The van der Waals surface area contributed by atoms with Crippen molar-refractivity contribution >= 4 is 34.1 Å². The number of carboxylic acid groups (broad SMARTS) is 1. The predicted molar refractivity (Wildman–Crippen MR) is 97.0 cm³/mol. The molecule has 0 saturated heterocycles. The molecule has 3 rings (SSSR count). The Morgan fingerprint density at radius 3 is 2.73 bits per heavy atom. The van der Waals surface area contributed by atoms with Gasteiger partial charge in [-0.2, -0.15) is 0 Å². The summed E-state index contributed by atoms with van der Waals surface area (Å²) in [6.07, 6.45) is 0.460. The standard InChI is InChI=1S/C18H18N2O5S/c1-10(21)20-7-6-13-14(9-20)26-17(15(13)18(23)24)19-16(22)11-4-3-5-12(8-11)25-2/h3-5,8H,6-7,9H2,1-2H3,(H,19,22)(H,23,24). The number of nitrogens with one attached hydrogen (secondary N) is 1.